The van der Waals surface area contributed by atoms with Gasteiger partial charge in [-0.2, -0.15) is 0 Å². The SMILES string of the molecule is CCc1cc(CCN)c(O)cc1O. The maximum absolute atomic E-state index is 9.43. The molecule has 4 N–H and O–H groups in total. The van der Waals surface area contributed by atoms with E-state index in [1.807, 2.05) is 6.92 Å². The van der Waals surface area contributed by atoms with Crippen molar-refractivity contribution < 1.29 is 10.2 Å². The fraction of sp³-hybridized carbons (Fsp3) is 0.400. The van der Waals surface area contributed by atoms with Crippen LogP contribution in [0.3, 0.4) is 0 Å². The van der Waals surface area contributed by atoms with E-state index >= 15 is 0 Å². The number of aryl methyl sites for hydroxylation is 1. The van der Waals surface area contributed by atoms with Crippen molar-refractivity contribution in [2.24, 2.45) is 5.73 Å². The molecule has 0 aliphatic carbocycles. The smallest absolute Gasteiger partial charge is 0.122 e. The van der Waals surface area contributed by atoms with Crippen molar-refractivity contribution in [3.8, 4) is 11.5 Å². The van der Waals surface area contributed by atoms with Crippen LogP contribution < -0.4 is 5.73 Å². The summed E-state index contributed by atoms with van der Waals surface area (Å²) in [6.45, 7) is 2.46. The zero-order valence-corrected chi connectivity index (χ0v) is 7.75. The summed E-state index contributed by atoms with van der Waals surface area (Å²) in [5.74, 6) is 0.279. The molecule has 0 aliphatic heterocycles. The molecule has 0 aromatic heterocycles. The molecule has 72 valence electrons. The van der Waals surface area contributed by atoms with Crippen LogP contribution in [0, 0.1) is 0 Å². The molecule has 0 amide bonds. The molecule has 0 atom stereocenters. The van der Waals surface area contributed by atoms with Crippen LogP contribution in [0.4, 0.5) is 0 Å². The molecule has 3 nitrogen and oxygen atoms in total. The molecule has 0 saturated carbocycles. The first-order chi connectivity index (χ1) is 6.19. The Bertz CT molecular complexity index is 297. The molecule has 3 heteroatoms. The Morgan fingerprint density at radius 1 is 1.15 bits per heavy atom. The Kier molecular flexibility index (Phi) is 3.14. The number of phenols is 2. The number of hydrogen-bond acceptors (Lipinski definition) is 3. The Labute approximate surface area is 77.8 Å². The van der Waals surface area contributed by atoms with Crippen LogP contribution in [0.5, 0.6) is 11.5 Å². The van der Waals surface area contributed by atoms with E-state index in [2.05, 4.69) is 0 Å². The monoisotopic (exact) mass is 181 g/mol. The molecule has 1 rings (SSSR count). The molecule has 0 bridgehead atoms. The van der Waals surface area contributed by atoms with E-state index in [9.17, 15) is 10.2 Å². The van der Waals surface area contributed by atoms with Gasteiger partial charge in [-0.3, -0.25) is 0 Å². The van der Waals surface area contributed by atoms with E-state index in [1.54, 1.807) is 6.07 Å². The zero-order valence-electron chi connectivity index (χ0n) is 7.75. The molecule has 0 aliphatic rings. The average Bonchev–Trinajstić information content (AvgIpc) is 2.10. The molecule has 0 unspecified atom stereocenters. The minimum Gasteiger partial charge on any atom is -0.508 e. The number of hydrogen-bond donors (Lipinski definition) is 3. The minimum atomic E-state index is 0.125. The third-order valence-corrected chi connectivity index (χ3v) is 2.07. The highest BCUT2D eigenvalue weighted by molar-refractivity contribution is 5.45. The quantitative estimate of drug-likeness (QED) is 0.655. The van der Waals surface area contributed by atoms with Crippen molar-refractivity contribution in [1.82, 2.24) is 0 Å². The fourth-order valence-corrected chi connectivity index (χ4v) is 1.31. The van der Waals surface area contributed by atoms with E-state index in [4.69, 9.17) is 5.73 Å². The van der Waals surface area contributed by atoms with Gasteiger partial charge >= 0.3 is 0 Å². The highest BCUT2D eigenvalue weighted by Gasteiger charge is 2.06. The van der Waals surface area contributed by atoms with Crippen molar-refractivity contribution in [2.75, 3.05) is 6.54 Å². The van der Waals surface area contributed by atoms with Crippen molar-refractivity contribution in [2.45, 2.75) is 19.8 Å². The van der Waals surface area contributed by atoms with E-state index in [0.29, 0.717) is 13.0 Å². The average molecular weight is 181 g/mol. The van der Waals surface area contributed by atoms with Crippen LogP contribution in [0.25, 0.3) is 0 Å². The number of rotatable bonds is 3. The second-order valence-corrected chi connectivity index (χ2v) is 3.00. The predicted octanol–water partition coefficient (Wildman–Crippen LogP) is 1.16. The number of aromatic hydroxyl groups is 2. The summed E-state index contributed by atoms with van der Waals surface area (Å²) in [6, 6.07) is 3.18. The van der Waals surface area contributed by atoms with Gasteiger partial charge in [-0.05, 0) is 36.6 Å². The highest BCUT2D eigenvalue weighted by atomic mass is 16.3. The predicted molar refractivity (Wildman–Crippen MR) is 51.9 cm³/mol. The summed E-state index contributed by atoms with van der Waals surface area (Å²) in [4.78, 5) is 0. The summed E-state index contributed by atoms with van der Waals surface area (Å²) in [6.07, 6.45) is 1.39. The second-order valence-electron chi connectivity index (χ2n) is 3.00. The number of phenolic OH excluding ortho intramolecular Hbond substituents is 2. The summed E-state index contributed by atoms with van der Waals surface area (Å²) in [5.41, 5.74) is 7.04. The molecular formula is C10H15NO2. The normalized spacial score (nSPS) is 10.3. The molecule has 1 aromatic rings. The van der Waals surface area contributed by atoms with Crippen LogP contribution in [0.2, 0.25) is 0 Å². The first kappa shape index (κ1) is 9.86. The van der Waals surface area contributed by atoms with E-state index < -0.39 is 0 Å². The molecule has 13 heavy (non-hydrogen) atoms. The first-order valence-electron chi connectivity index (χ1n) is 4.42. The molecule has 1 aromatic carbocycles. The van der Waals surface area contributed by atoms with E-state index in [-0.39, 0.29) is 11.5 Å². The van der Waals surface area contributed by atoms with Gasteiger partial charge in [0, 0.05) is 6.07 Å². The summed E-state index contributed by atoms with van der Waals surface area (Å²) < 4.78 is 0. The largest absolute Gasteiger partial charge is 0.508 e. The van der Waals surface area contributed by atoms with Gasteiger partial charge < -0.3 is 15.9 Å². The lowest BCUT2D eigenvalue weighted by Gasteiger charge is -2.07. The molecular weight excluding hydrogens is 166 g/mol. The van der Waals surface area contributed by atoms with Gasteiger partial charge in [0.1, 0.15) is 11.5 Å². The van der Waals surface area contributed by atoms with Crippen molar-refractivity contribution in [1.29, 1.82) is 0 Å². The van der Waals surface area contributed by atoms with Crippen LogP contribution in [0.1, 0.15) is 18.1 Å². The van der Waals surface area contributed by atoms with Crippen molar-refractivity contribution >= 4 is 0 Å². The summed E-state index contributed by atoms with van der Waals surface area (Å²) >= 11 is 0. The standard InChI is InChI=1S/C10H15NO2/c1-2-7-5-8(3-4-11)10(13)6-9(7)12/h5-6,12-13H,2-4,11H2,1H3. The molecule has 0 spiro atoms. The third kappa shape index (κ3) is 2.12. The molecule has 0 saturated heterocycles. The van der Waals surface area contributed by atoms with Crippen LogP contribution in [-0.2, 0) is 12.8 Å². The van der Waals surface area contributed by atoms with Crippen LogP contribution >= 0.6 is 0 Å². The maximum Gasteiger partial charge on any atom is 0.122 e. The summed E-state index contributed by atoms with van der Waals surface area (Å²) in [7, 11) is 0. The topological polar surface area (TPSA) is 66.5 Å². The van der Waals surface area contributed by atoms with Gasteiger partial charge in [0.05, 0.1) is 0 Å². The summed E-state index contributed by atoms with van der Waals surface area (Å²) in [5, 5.41) is 18.8. The number of benzene rings is 1. The van der Waals surface area contributed by atoms with Gasteiger partial charge in [-0.25, -0.2) is 0 Å². The van der Waals surface area contributed by atoms with Gasteiger partial charge in [0.25, 0.3) is 0 Å². The van der Waals surface area contributed by atoms with Crippen molar-refractivity contribution in [3.63, 3.8) is 0 Å². The first-order valence-corrected chi connectivity index (χ1v) is 4.42. The van der Waals surface area contributed by atoms with Crippen molar-refractivity contribution in [3.05, 3.63) is 23.3 Å². The Morgan fingerprint density at radius 2 is 1.77 bits per heavy atom. The Morgan fingerprint density at radius 3 is 2.31 bits per heavy atom. The van der Waals surface area contributed by atoms with E-state index in [1.165, 1.54) is 6.07 Å². The second kappa shape index (κ2) is 4.14. The van der Waals surface area contributed by atoms with Crippen LogP contribution in [-0.4, -0.2) is 16.8 Å². The van der Waals surface area contributed by atoms with Gasteiger partial charge in [-0.1, -0.05) is 6.92 Å². The zero-order chi connectivity index (χ0) is 9.84. The number of nitrogens with two attached hydrogens (primary N) is 1. The molecule has 0 radical (unpaired) electrons. The molecule has 0 heterocycles. The lowest BCUT2D eigenvalue weighted by atomic mass is 10.0. The third-order valence-electron chi connectivity index (χ3n) is 2.07. The van der Waals surface area contributed by atoms with Gasteiger partial charge in [-0.15, -0.1) is 0 Å². The fourth-order valence-electron chi connectivity index (χ4n) is 1.31. The lowest BCUT2D eigenvalue weighted by molar-refractivity contribution is 0.442. The lowest BCUT2D eigenvalue weighted by Crippen LogP contribution is -2.03. The maximum atomic E-state index is 9.43. The van der Waals surface area contributed by atoms with Gasteiger partial charge in [0.15, 0.2) is 0 Å². The minimum absolute atomic E-state index is 0.125. The van der Waals surface area contributed by atoms with E-state index in [0.717, 1.165) is 17.5 Å². The Hall–Kier alpha value is -1.22. The molecule has 0 fully saturated rings. The highest BCUT2D eigenvalue weighted by Crippen LogP contribution is 2.27. The van der Waals surface area contributed by atoms with Gasteiger partial charge in [0.2, 0.25) is 0 Å². The Balaban J connectivity index is 3.06. The van der Waals surface area contributed by atoms with Crippen LogP contribution in [0.15, 0.2) is 12.1 Å².